The fourth-order valence-corrected chi connectivity index (χ4v) is 3.63. The zero-order valence-electron chi connectivity index (χ0n) is 12.4. The molecule has 1 unspecified atom stereocenters. The molecule has 114 valence electrons. The molecular weight excluding hydrogens is 305 g/mol. The number of halogens is 2. The molecule has 1 fully saturated rings. The first kappa shape index (κ1) is 15.1. The van der Waals surface area contributed by atoms with Gasteiger partial charge in [0.05, 0.1) is 11.0 Å². The van der Waals surface area contributed by atoms with E-state index < -0.39 is 0 Å². The molecule has 3 rings (SSSR count). The van der Waals surface area contributed by atoms with Crippen molar-refractivity contribution in [2.75, 3.05) is 25.5 Å². The number of rotatable bonds is 5. The number of imidazole rings is 1. The Balaban J connectivity index is 1.95. The number of alkyl halides is 1. The second-order valence-corrected chi connectivity index (χ2v) is 6.64. The molecule has 0 bridgehead atoms. The van der Waals surface area contributed by atoms with Crippen molar-refractivity contribution in [3.63, 3.8) is 0 Å². The Labute approximate surface area is 135 Å². The van der Waals surface area contributed by atoms with Crippen molar-refractivity contribution in [1.29, 1.82) is 0 Å². The lowest BCUT2D eigenvalue weighted by Gasteiger charge is -2.23. The second-order valence-electron chi connectivity index (χ2n) is 5.83. The molecule has 5 heteroatoms. The molecule has 1 saturated heterocycles. The van der Waals surface area contributed by atoms with E-state index in [1.54, 1.807) is 0 Å². The molecule has 0 saturated carbocycles. The third-order valence-corrected chi connectivity index (χ3v) is 4.63. The van der Waals surface area contributed by atoms with Crippen LogP contribution in [0.4, 0.5) is 0 Å². The molecule has 1 aliphatic heterocycles. The normalized spacial score (nSPS) is 17.7. The van der Waals surface area contributed by atoms with Crippen LogP contribution in [0.25, 0.3) is 11.0 Å². The van der Waals surface area contributed by atoms with Gasteiger partial charge in [-0.3, -0.25) is 0 Å². The van der Waals surface area contributed by atoms with Crippen LogP contribution in [-0.2, 0) is 6.42 Å². The van der Waals surface area contributed by atoms with Crippen molar-refractivity contribution in [3.8, 4) is 0 Å². The van der Waals surface area contributed by atoms with Gasteiger partial charge in [0.1, 0.15) is 5.82 Å². The molecule has 1 atom stereocenters. The summed E-state index contributed by atoms with van der Waals surface area (Å²) in [6, 6.07) is 6.35. The molecular formula is C16H21Cl2N3. The number of benzene rings is 1. The number of aryl methyl sites for hydroxylation is 1. The fraction of sp³-hybridized carbons (Fsp3) is 0.562. The Morgan fingerprint density at radius 2 is 2.05 bits per heavy atom. The molecule has 0 aliphatic carbocycles. The summed E-state index contributed by atoms with van der Waals surface area (Å²) in [4.78, 5) is 7.27. The Kier molecular flexibility index (Phi) is 4.72. The van der Waals surface area contributed by atoms with Crippen molar-refractivity contribution in [2.45, 2.75) is 32.2 Å². The van der Waals surface area contributed by atoms with E-state index in [1.165, 1.54) is 25.9 Å². The predicted molar refractivity (Wildman–Crippen MR) is 89.6 cm³/mol. The molecule has 0 amide bonds. The Bertz CT molecular complexity index is 617. The maximum Gasteiger partial charge on any atom is 0.111 e. The third-order valence-electron chi connectivity index (χ3n) is 4.20. The van der Waals surface area contributed by atoms with Crippen LogP contribution in [0.2, 0.25) is 5.02 Å². The first-order valence-electron chi connectivity index (χ1n) is 7.63. The highest BCUT2D eigenvalue weighted by Crippen LogP contribution is 2.25. The first-order chi connectivity index (χ1) is 10.2. The number of hydrogen-bond acceptors (Lipinski definition) is 2. The summed E-state index contributed by atoms with van der Waals surface area (Å²) in [5, 5.41) is 0.733. The fourth-order valence-electron chi connectivity index (χ4n) is 3.30. The average Bonchev–Trinajstić information content (AvgIpc) is 3.05. The average molecular weight is 326 g/mol. The van der Waals surface area contributed by atoms with E-state index in [1.807, 2.05) is 12.1 Å². The van der Waals surface area contributed by atoms with Crippen LogP contribution in [-0.4, -0.2) is 40.0 Å². The van der Waals surface area contributed by atoms with Gasteiger partial charge in [0.15, 0.2) is 0 Å². The lowest BCUT2D eigenvalue weighted by Crippen LogP contribution is -2.27. The predicted octanol–water partition coefficient (Wildman–Crippen LogP) is 4.13. The molecule has 21 heavy (non-hydrogen) atoms. The number of aromatic nitrogens is 2. The van der Waals surface area contributed by atoms with Crippen molar-refractivity contribution in [3.05, 3.63) is 29.0 Å². The summed E-state index contributed by atoms with van der Waals surface area (Å²) in [5.41, 5.74) is 2.13. The molecule has 2 aromatic rings. The minimum Gasteiger partial charge on any atom is -0.324 e. The molecule has 0 spiro atoms. The number of hydrogen-bond donors (Lipinski definition) is 0. The third kappa shape index (κ3) is 3.20. The van der Waals surface area contributed by atoms with Crippen LogP contribution in [0.5, 0.6) is 0 Å². The van der Waals surface area contributed by atoms with Gasteiger partial charge in [-0.05, 0) is 51.1 Å². The summed E-state index contributed by atoms with van der Waals surface area (Å²) in [7, 11) is 0. The summed E-state index contributed by atoms with van der Waals surface area (Å²) in [6.45, 7) is 5.77. The van der Waals surface area contributed by atoms with E-state index in [2.05, 4.69) is 22.5 Å². The van der Waals surface area contributed by atoms with Crippen LogP contribution in [0, 0.1) is 0 Å². The van der Waals surface area contributed by atoms with Gasteiger partial charge < -0.3 is 9.47 Å². The number of nitrogens with zero attached hydrogens (tertiary/aromatic N) is 3. The van der Waals surface area contributed by atoms with Crippen LogP contribution in [0.15, 0.2) is 18.2 Å². The van der Waals surface area contributed by atoms with Gasteiger partial charge in [0, 0.05) is 29.9 Å². The summed E-state index contributed by atoms with van der Waals surface area (Å²) in [5.74, 6) is 1.65. The first-order valence-corrected chi connectivity index (χ1v) is 8.55. The van der Waals surface area contributed by atoms with Gasteiger partial charge >= 0.3 is 0 Å². The minimum atomic E-state index is 0.396. The molecule has 0 radical (unpaired) electrons. The van der Waals surface area contributed by atoms with Crippen LogP contribution in [0.3, 0.4) is 0 Å². The van der Waals surface area contributed by atoms with Gasteiger partial charge in [-0.25, -0.2) is 4.98 Å². The smallest absolute Gasteiger partial charge is 0.111 e. The van der Waals surface area contributed by atoms with Crippen molar-refractivity contribution in [1.82, 2.24) is 14.5 Å². The van der Waals surface area contributed by atoms with Gasteiger partial charge in [-0.1, -0.05) is 11.6 Å². The van der Waals surface area contributed by atoms with Crippen LogP contribution >= 0.6 is 23.2 Å². The van der Waals surface area contributed by atoms with E-state index in [-0.39, 0.29) is 0 Å². The van der Waals surface area contributed by atoms with Crippen molar-refractivity contribution >= 4 is 34.2 Å². The quantitative estimate of drug-likeness (QED) is 0.771. The van der Waals surface area contributed by atoms with Gasteiger partial charge in [-0.2, -0.15) is 0 Å². The highest BCUT2D eigenvalue weighted by atomic mass is 35.5. The Hall–Kier alpha value is -0.770. The molecule has 3 nitrogen and oxygen atoms in total. The largest absolute Gasteiger partial charge is 0.324 e. The monoisotopic (exact) mass is 325 g/mol. The minimum absolute atomic E-state index is 0.396. The van der Waals surface area contributed by atoms with Crippen molar-refractivity contribution < 1.29 is 0 Å². The zero-order valence-corrected chi connectivity index (χ0v) is 13.9. The van der Waals surface area contributed by atoms with E-state index in [9.17, 15) is 0 Å². The second kappa shape index (κ2) is 6.55. The lowest BCUT2D eigenvalue weighted by molar-refractivity contribution is 0.288. The highest BCUT2D eigenvalue weighted by molar-refractivity contribution is 6.31. The van der Waals surface area contributed by atoms with E-state index in [0.717, 1.165) is 34.8 Å². The highest BCUT2D eigenvalue weighted by Gasteiger charge is 2.20. The summed E-state index contributed by atoms with van der Waals surface area (Å²) in [6.07, 6.45) is 3.43. The Morgan fingerprint density at radius 3 is 2.76 bits per heavy atom. The standard InChI is InChI=1S/C16H21Cl2N3/c1-12(11-20-8-2-3-9-20)21-15-5-4-13(18)10-14(15)19-16(21)6-7-17/h4-5,10,12H,2-3,6-9,11H2,1H3. The molecule has 1 aromatic heterocycles. The maximum atomic E-state index is 6.09. The zero-order chi connectivity index (χ0) is 14.8. The number of fused-ring (bicyclic) bond motifs is 1. The van der Waals surface area contributed by atoms with Crippen molar-refractivity contribution in [2.24, 2.45) is 0 Å². The number of likely N-dealkylation sites (tertiary alicyclic amines) is 1. The molecule has 2 heterocycles. The van der Waals surface area contributed by atoms with E-state index in [0.29, 0.717) is 11.9 Å². The van der Waals surface area contributed by atoms with Crippen LogP contribution < -0.4 is 0 Å². The summed E-state index contributed by atoms with van der Waals surface area (Å²) >= 11 is 12.0. The van der Waals surface area contributed by atoms with Gasteiger partial charge in [-0.15, -0.1) is 11.6 Å². The SMILES string of the molecule is CC(CN1CCCC1)n1c(CCCl)nc2cc(Cl)ccc21. The summed E-state index contributed by atoms with van der Waals surface area (Å²) < 4.78 is 2.34. The van der Waals surface area contributed by atoms with E-state index in [4.69, 9.17) is 28.2 Å². The molecule has 1 aromatic carbocycles. The Morgan fingerprint density at radius 1 is 1.29 bits per heavy atom. The van der Waals surface area contributed by atoms with Gasteiger partial charge in [0.25, 0.3) is 0 Å². The maximum absolute atomic E-state index is 6.09. The van der Waals surface area contributed by atoms with E-state index >= 15 is 0 Å². The molecule has 1 aliphatic rings. The molecule has 0 N–H and O–H groups in total. The van der Waals surface area contributed by atoms with Gasteiger partial charge in [0.2, 0.25) is 0 Å². The topological polar surface area (TPSA) is 21.1 Å². The lowest BCUT2D eigenvalue weighted by atomic mass is 10.2. The van der Waals surface area contributed by atoms with Crippen LogP contribution in [0.1, 0.15) is 31.6 Å².